The largest absolute Gasteiger partial charge is 0.332 e. The van der Waals surface area contributed by atoms with Crippen molar-refractivity contribution >= 4 is 40.1 Å². The molecular formula is C20H16N3O4PS. The highest BCUT2D eigenvalue weighted by atomic mass is 32.1. The lowest BCUT2D eigenvalue weighted by Gasteiger charge is -2.11. The second-order valence-corrected chi connectivity index (χ2v) is 9.31. The Kier molecular flexibility index (Phi) is 5.07. The first-order valence-corrected chi connectivity index (χ1v) is 11.4. The van der Waals surface area contributed by atoms with Crippen LogP contribution in [0.25, 0.3) is 31.7 Å². The van der Waals surface area contributed by atoms with Crippen molar-refractivity contribution in [1.82, 2.24) is 9.97 Å². The van der Waals surface area contributed by atoms with Crippen LogP contribution in [0, 0.1) is 11.3 Å². The van der Waals surface area contributed by atoms with E-state index in [9.17, 15) is 14.3 Å². The van der Waals surface area contributed by atoms with E-state index in [0.29, 0.717) is 22.0 Å². The molecule has 4 aromatic rings. The topological polar surface area (TPSA) is 116 Å². The maximum atomic E-state index is 12.1. The predicted octanol–water partition coefficient (Wildman–Crippen LogP) is 4.40. The Morgan fingerprint density at radius 3 is 2.90 bits per heavy atom. The molecule has 1 unspecified atom stereocenters. The Balaban J connectivity index is 1.80. The molecule has 4 rings (SSSR count). The standard InChI is InChI=1S/C20H16N3O4PS/c1-2-27-28(25,26)11-12-4-3-5-13(8-12)20-23-18-15-9-14(10-21)19(24)22-16(15)6-7-17(18)29-20/h3-9H,2,11H2,1H3,(H,22,24)(H,25,26). The Bertz CT molecular complexity index is 1390. The van der Waals surface area contributed by atoms with E-state index in [2.05, 4.69) is 4.98 Å². The van der Waals surface area contributed by atoms with Crippen molar-refractivity contribution < 1.29 is 14.0 Å². The van der Waals surface area contributed by atoms with Gasteiger partial charge in [-0.25, -0.2) is 4.98 Å². The fourth-order valence-electron chi connectivity index (χ4n) is 3.16. The number of rotatable bonds is 5. The van der Waals surface area contributed by atoms with E-state index >= 15 is 0 Å². The van der Waals surface area contributed by atoms with Crippen LogP contribution in [0.4, 0.5) is 0 Å². The molecule has 9 heteroatoms. The lowest BCUT2D eigenvalue weighted by atomic mass is 10.1. The number of thiazole rings is 1. The summed E-state index contributed by atoms with van der Waals surface area (Å²) >= 11 is 1.47. The third-order valence-corrected chi connectivity index (χ3v) is 6.89. The summed E-state index contributed by atoms with van der Waals surface area (Å²) in [6.07, 6.45) is -0.0741. The molecular weight excluding hydrogens is 409 g/mol. The van der Waals surface area contributed by atoms with Gasteiger partial charge in [0.15, 0.2) is 0 Å². The summed E-state index contributed by atoms with van der Waals surface area (Å²) in [5.41, 5.74) is 2.43. The number of pyridine rings is 1. The molecule has 146 valence electrons. The number of hydrogen-bond donors (Lipinski definition) is 2. The van der Waals surface area contributed by atoms with Crippen molar-refractivity contribution in [3.8, 4) is 16.6 Å². The van der Waals surface area contributed by atoms with Crippen LogP contribution in [0.15, 0.2) is 47.3 Å². The fourth-order valence-corrected chi connectivity index (χ4v) is 5.29. The van der Waals surface area contributed by atoms with Gasteiger partial charge in [0.25, 0.3) is 5.56 Å². The Morgan fingerprint density at radius 1 is 1.31 bits per heavy atom. The zero-order chi connectivity index (χ0) is 20.6. The average molecular weight is 425 g/mol. The third kappa shape index (κ3) is 3.86. The molecule has 2 aromatic heterocycles. The van der Waals surface area contributed by atoms with Crippen LogP contribution >= 0.6 is 18.9 Å². The molecule has 29 heavy (non-hydrogen) atoms. The van der Waals surface area contributed by atoms with Crippen molar-refractivity contribution in [3.63, 3.8) is 0 Å². The third-order valence-electron chi connectivity index (χ3n) is 4.39. The second kappa shape index (κ2) is 7.54. The van der Waals surface area contributed by atoms with Gasteiger partial charge < -0.3 is 14.4 Å². The average Bonchev–Trinajstić information content (AvgIpc) is 3.12. The van der Waals surface area contributed by atoms with Crippen LogP contribution in [0.3, 0.4) is 0 Å². The second-order valence-electron chi connectivity index (χ2n) is 6.43. The van der Waals surface area contributed by atoms with Gasteiger partial charge in [-0.05, 0) is 36.8 Å². The van der Waals surface area contributed by atoms with Crippen LogP contribution in [0.2, 0.25) is 0 Å². The number of benzene rings is 2. The minimum Gasteiger partial charge on any atom is -0.324 e. The van der Waals surface area contributed by atoms with Crippen molar-refractivity contribution in [2.75, 3.05) is 6.61 Å². The van der Waals surface area contributed by atoms with E-state index in [1.807, 2.05) is 30.3 Å². The van der Waals surface area contributed by atoms with Gasteiger partial charge >= 0.3 is 7.60 Å². The van der Waals surface area contributed by atoms with Crippen molar-refractivity contribution in [2.24, 2.45) is 0 Å². The van der Waals surface area contributed by atoms with Gasteiger partial charge in [-0.3, -0.25) is 9.36 Å². The van der Waals surface area contributed by atoms with Crippen LogP contribution in [0.1, 0.15) is 18.1 Å². The highest BCUT2D eigenvalue weighted by molar-refractivity contribution is 7.51. The summed E-state index contributed by atoms with van der Waals surface area (Å²) in [6, 6.07) is 14.4. The number of aromatic amines is 1. The van der Waals surface area contributed by atoms with E-state index in [-0.39, 0.29) is 18.3 Å². The summed E-state index contributed by atoms with van der Waals surface area (Å²) in [6.45, 7) is 1.85. The molecule has 0 spiro atoms. The lowest BCUT2D eigenvalue weighted by molar-refractivity contribution is 0.272. The number of nitrogens with one attached hydrogen (secondary N) is 1. The zero-order valence-corrected chi connectivity index (χ0v) is 17.1. The minimum atomic E-state index is -3.68. The van der Waals surface area contributed by atoms with Gasteiger partial charge in [-0.1, -0.05) is 18.2 Å². The number of nitrogens with zero attached hydrogens (tertiary/aromatic N) is 2. The highest BCUT2D eigenvalue weighted by Gasteiger charge is 2.20. The van der Waals surface area contributed by atoms with Crippen molar-refractivity contribution in [1.29, 1.82) is 5.26 Å². The summed E-state index contributed by atoms with van der Waals surface area (Å²) in [5.74, 6) is 0. The predicted molar refractivity (Wildman–Crippen MR) is 113 cm³/mol. The van der Waals surface area contributed by atoms with E-state index in [4.69, 9.17) is 14.8 Å². The van der Waals surface area contributed by atoms with Crippen molar-refractivity contribution in [3.05, 3.63) is 63.9 Å². The highest BCUT2D eigenvalue weighted by Crippen LogP contribution is 2.46. The van der Waals surface area contributed by atoms with Crippen LogP contribution in [-0.2, 0) is 15.3 Å². The summed E-state index contributed by atoms with van der Waals surface area (Å²) in [7, 11) is -3.68. The maximum Gasteiger partial charge on any atom is 0.332 e. The van der Waals surface area contributed by atoms with E-state index in [0.717, 1.165) is 15.3 Å². The monoisotopic (exact) mass is 425 g/mol. The van der Waals surface area contributed by atoms with Crippen LogP contribution < -0.4 is 5.56 Å². The first-order valence-electron chi connectivity index (χ1n) is 8.82. The minimum absolute atomic E-state index is 0.0381. The zero-order valence-electron chi connectivity index (χ0n) is 15.4. The fraction of sp³-hybridized carbons (Fsp3) is 0.150. The quantitative estimate of drug-likeness (QED) is 0.458. The van der Waals surface area contributed by atoms with Gasteiger partial charge in [0.05, 0.1) is 28.5 Å². The van der Waals surface area contributed by atoms with Gasteiger partial charge in [0, 0.05) is 10.9 Å². The van der Waals surface area contributed by atoms with Crippen molar-refractivity contribution in [2.45, 2.75) is 13.1 Å². The Labute approximate surface area is 169 Å². The molecule has 0 aliphatic carbocycles. The van der Waals surface area contributed by atoms with Crippen LogP contribution in [-0.4, -0.2) is 21.5 Å². The molecule has 0 aliphatic rings. The molecule has 1 atom stereocenters. The van der Waals surface area contributed by atoms with Gasteiger partial charge in [0.2, 0.25) is 0 Å². The summed E-state index contributed by atoms with van der Waals surface area (Å²) in [4.78, 5) is 29.2. The number of aromatic nitrogens is 2. The first-order chi connectivity index (χ1) is 13.9. The van der Waals surface area contributed by atoms with Gasteiger partial charge in [0.1, 0.15) is 16.6 Å². The summed E-state index contributed by atoms with van der Waals surface area (Å²) < 4.78 is 17.9. The molecule has 0 bridgehead atoms. The Morgan fingerprint density at radius 2 is 2.14 bits per heavy atom. The maximum absolute atomic E-state index is 12.1. The molecule has 2 N–H and O–H groups in total. The number of H-pyrrole nitrogens is 1. The molecule has 0 fully saturated rings. The normalized spacial score (nSPS) is 13.4. The van der Waals surface area contributed by atoms with E-state index in [1.165, 1.54) is 11.3 Å². The smallest absolute Gasteiger partial charge is 0.324 e. The lowest BCUT2D eigenvalue weighted by Crippen LogP contribution is -2.09. The Hall–Kier alpha value is -2.82. The molecule has 0 saturated heterocycles. The number of hydrogen-bond acceptors (Lipinski definition) is 6. The van der Waals surface area contributed by atoms with Gasteiger partial charge in [-0.2, -0.15) is 5.26 Å². The molecule has 2 aromatic carbocycles. The van der Waals surface area contributed by atoms with E-state index < -0.39 is 13.2 Å². The van der Waals surface area contributed by atoms with E-state index in [1.54, 1.807) is 25.1 Å². The van der Waals surface area contributed by atoms with Crippen LogP contribution in [0.5, 0.6) is 0 Å². The molecule has 7 nitrogen and oxygen atoms in total. The molecule has 0 radical (unpaired) electrons. The SMILES string of the molecule is CCOP(=O)(O)Cc1cccc(-c2nc3c(ccc4[nH]c(=O)c(C#N)cc43)s2)c1. The number of fused-ring (bicyclic) bond motifs is 3. The molecule has 0 saturated carbocycles. The first kappa shape index (κ1) is 19.5. The number of nitriles is 1. The molecule has 0 amide bonds. The van der Waals surface area contributed by atoms with Gasteiger partial charge in [-0.15, -0.1) is 11.3 Å². The molecule has 0 aliphatic heterocycles. The molecule has 2 heterocycles. The summed E-state index contributed by atoms with van der Waals surface area (Å²) in [5, 5.41) is 10.6.